The molecule has 0 aliphatic heterocycles. The van der Waals surface area contributed by atoms with Gasteiger partial charge in [0.1, 0.15) is 0 Å². The van der Waals surface area contributed by atoms with Gasteiger partial charge in [0.05, 0.1) is 7.11 Å². The van der Waals surface area contributed by atoms with Crippen LogP contribution < -0.4 is 0 Å². The van der Waals surface area contributed by atoms with Crippen molar-refractivity contribution >= 4 is 5.97 Å². The van der Waals surface area contributed by atoms with Gasteiger partial charge in [0, 0.05) is 6.42 Å². The van der Waals surface area contributed by atoms with Crippen LogP contribution in [0, 0.1) is 11.3 Å². The molecule has 0 radical (unpaired) electrons. The third kappa shape index (κ3) is 1.84. The Morgan fingerprint density at radius 2 is 2.07 bits per heavy atom. The quantitative estimate of drug-likeness (QED) is 0.501. The van der Waals surface area contributed by atoms with Crippen LogP contribution in [0.15, 0.2) is 11.1 Å². The van der Waals surface area contributed by atoms with Crippen molar-refractivity contribution in [2.45, 2.75) is 40.5 Å². The van der Waals surface area contributed by atoms with Gasteiger partial charge in [0.25, 0.3) is 0 Å². The second-order valence-corrected chi connectivity index (χ2v) is 4.88. The number of hydrogen-bond donors (Lipinski definition) is 0. The molecule has 0 aromatic heterocycles. The van der Waals surface area contributed by atoms with Gasteiger partial charge < -0.3 is 4.74 Å². The molecular weight excluding hydrogens is 176 g/mol. The van der Waals surface area contributed by atoms with E-state index in [1.165, 1.54) is 18.3 Å². The predicted molar refractivity (Wildman–Crippen MR) is 56.9 cm³/mol. The lowest BCUT2D eigenvalue weighted by Gasteiger charge is -2.48. The van der Waals surface area contributed by atoms with E-state index in [2.05, 4.69) is 27.7 Å². The Bertz CT molecular complexity index is 270. The summed E-state index contributed by atoms with van der Waals surface area (Å²) < 4.78 is 4.69. The lowest BCUT2D eigenvalue weighted by Crippen LogP contribution is -2.39. The summed E-state index contributed by atoms with van der Waals surface area (Å²) >= 11 is 0. The van der Waals surface area contributed by atoms with Gasteiger partial charge in [-0.05, 0) is 31.6 Å². The number of ether oxygens (including phenoxy) is 1. The lowest BCUT2D eigenvalue weighted by atomic mass is 9.56. The molecule has 14 heavy (non-hydrogen) atoms. The van der Waals surface area contributed by atoms with Gasteiger partial charge in [-0.3, -0.25) is 4.79 Å². The molecule has 1 saturated carbocycles. The van der Waals surface area contributed by atoms with E-state index in [1.54, 1.807) is 0 Å². The third-order valence-electron chi connectivity index (χ3n) is 3.49. The summed E-state index contributed by atoms with van der Waals surface area (Å²) in [5.74, 6) is 0.371. The molecule has 0 amide bonds. The summed E-state index contributed by atoms with van der Waals surface area (Å²) in [6.07, 6.45) is 1.62. The zero-order valence-electron chi connectivity index (χ0n) is 9.81. The largest absolute Gasteiger partial charge is 0.469 e. The zero-order valence-corrected chi connectivity index (χ0v) is 9.81. The molecule has 0 aromatic rings. The van der Waals surface area contributed by atoms with Gasteiger partial charge in [0.2, 0.25) is 0 Å². The second kappa shape index (κ2) is 3.76. The Kier molecular flexibility index (Phi) is 3.03. The highest BCUT2D eigenvalue weighted by Crippen LogP contribution is 2.53. The molecular formula is C12H20O2. The topological polar surface area (TPSA) is 26.3 Å². The van der Waals surface area contributed by atoms with E-state index in [9.17, 15) is 4.79 Å². The first-order valence-corrected chi connectivity index (χ1v) is 5.13. The van der Waals surface area contributed by atoms with Crippen molar-refractivity contribution < 1.29 is 9.53 Å². The molecule has 1 rings (SSSR count). The van der Waals surface area contributed by atoms with Crippen LogP contribution in [0.25, 0.3) is 0 Å². The van der Waals surface area contributed by atoms with Crippen LogP contribution in [0.4, 0.5) is 0 Å². The van der Waals surface area contributed by atoms with Crippen LogP contribution in [0.5, 0.6) is 0 Å². The predicted octanol–water partition coefficient (Wildman–Crippen LogP) is 2.93. The highest BCUT2D eigenvalue weighted by atomic mass is 16.5. The van der Waals surface area contributed by atoms with Crippen LogP contribution in [-0.2, 0) is 9.53 Å². The van der Waals surface area contributed by atoms with Gasteiger partial charge >= 0.3 is 5.97 Å². The van der Waals surface area contributed by atoms with E-state index in [-0.39, 0.29) is 11.4 Å². The van der Waals surface area contributed by atoms with Gasteiger partial charge in [-0.1, -0.05) is 25.0 Å². The number of hydrogen-bond acceptors (Lipinski definition) is 2. The fraction of sp³-hybridized carbons (Fsp3) is 0.750. The maximum atomic E-state index is 11.1. The minimum atomic E-state index is -0.0871. The minimum absolute atomic E-state index is 0.0871. The first-order chi connectivity index (χ1) is 6.39. The molecule has 80 valence electrons. The van der Waals surface area contributed by atoms with E-state index < -0.39 is 0 Å². The van der Waals surface area contributed by atoms with Crippen molar-refractivity contribution in [1.29, 1.82) is 0 Å². The molecule has 0 aromatic carbocycles. The van der Waals surface area contributed by atoms with Gasteiger partial charge in [-0.2, -0.15) is 0 Å². The Morgan fingerprint density at radius 3 is 2.43 bits per heavy atom. The summed E-state index contributed by atoms with van der Waals surface area (Å²) in [4.78, 5) is 11.1. The monoisotopic (exact) mass is 196 g/mol. The van der Waals surface area contributed by atoms with Crippen molar-refractivity contribution in [3.63, 3.8) is 0 Å². The summed E-state index contributed by atoms with van der Waals surface area (Å²) in [6, 6.07) is 0. The first-order valence-electron chi connectivity index (χ1n) is 5.13. The molecule has 1 fully saturated rings. The summed E-state index contributed by atoms with van der Waals surface area (Å²) in [7, 11) is 1.45. The van der Waals surface area contributed by atoms with Crippen LogP contribution in [0.3, 0.4) is 0 Å². The molecule has 0 spiro atoms. The fourth-order valence-electron chi connectivity index (χ4n) is 2.34. The van der Waals surface area contributed by atoms with E-state index in [0.717, 1.165) is 6.42 Å². The fourth-order valence-corrected chi connectivity index (χ4v) is 2.34. The second-order valence-electron chi connectivity index (χ2n) is 4.88. The van der Waals surface area contributed by atoms with E-state index in [0.29, 0.717) is 12.3 Å². The normalized spacial score (nSPS) is 24.1. The van der Waals surface area contributed by atoms with Crippen molar-refractivity contribution in [2.75, 3.05) is 7.11 Å². The Balaban J connectivity index is 2.64. The molecule has 0 bridgehead atoms. The van der Waals surface area contributed by atoms with Gasteiger partial charge in [-0.25, -0.2) is 0 Å². The number of rotatable bonds is 2. The molecule has 0 heterocycles. The zero-order chi connectivity index (χ0) is 10.9. The lowest BCUT2D eigenvalue weighted by molar-refractivity contribution is -0.143. The molecule has 1 atom stereocenters. The number of esters is 1. The van der Waals surface area contributed by atoms with Crippen LogP contribution >= 0.6 is 0 Å². The van der Waals surface area contributed by atoms with Crippen molar-refractivity contribution in [2.24, 2.45) is 11.3 Å². The standard InChI is InChI=1S/C12H20O2/c1-8(2)10-6-9(12(10,3)4)7-11(13)14-5/h9H,6-7H2,1-5H3/t9-/m0/s1. The average Bonchev–Trinajstić information content (AvgIpc) is 2.10. The number of carbonyl (C=O) groups excluding carboxylic acids is 1. The molecule has 2 heteroatoms. The Hall–Kier alpha value is -0.790. The number of methoxy groups -OCH3 is 1. The molecule has 1 aliphatic carbocycles. The van der Waals surface area contributed by atoms with E-state index in [1.807, 2.05) is 0 Å². The van der Waals surface area contributed by atoms with Gasteiger partial charge in [-0.15, -0.1) is 0 Å². The molecule has 1 aliphatic rings. The highest BCUT2D eigenvalue weighted by molar-refractivity contribution is 5.70. The average molecular weight is 196 g/mol. The maximum absolute atomic E-state index is 11.1. The van der Waals surface area contributed by atoms with E-state index in [4.69, 9.17) is 4.74 Å². The summed E-state index contributed by atoms with van der Waals surface area (Å²) in [5, 5.41) is 0. The molecule has 0 saturated heterocycles. The number of allylic oxidation sites excluding steroid dienone is 2. The SMILES string of the molecule is COC(=O)C[C@@H]1CC(=C(C)C)C1(C)C. The van der Waals surface area contributed by atoms with Crippen LogP contribution in [-0.4, -0.2) is 13.1 Å². The molecule has 2 nitrogen and oxygen atoms in total. The van der Waals surface area contributed by atoms with E-state index >= 15 is 0 Å². The maximum Gasteiger partial charge on any atom is 0.305 e. The smallest absolute Gasteiger partial charge is 0.305 e. The molecule has 0 unspecified atom stereocenters. The van der Waals surface area contributed by atoms with Crippen molar-refractivity contribution in [3.05, 3.63) is 11.1 Å². The van der Waals surface area contributed by atoms with Gasteiger partial charge in [0.15, 0.2) is 0 Å². The third-order valence-corrected chi connectivity index (χ3v) is 3.49. The van der Waals surface area contributed by atoms with Crippen LogP contribution in [0.2, 0.25) is 0 Å². The van der Waals surface area contributed by atoms with Crippen LogP contribution in [0.1, 0.15) is 40.5 Å². The van der Waals surface area contributed by atoms with Crippen molar-refractivity contribution in [1.82, 2.24) is 0 Å². The Labute approximate surface area is 86.3 Å². The minimum Gasteiger partial charge on any atom is -0.469 e. The molecule has 0 N–H and O–H groups in total. The highest BCUT2D eigenvalue weighted by Gasteiger charge is 2.44. The summed E-state index contributed by atoms with van der Waals surface area (Å²) in [5.41, 5.74) is 3.09. The summed E-state index contributed by atoms with van der Waals surface area (Å²) in [6.45, 7) is 8.72. The van der Waals surface area contributed by atoms with Crippen molar-refractivity contribution in [3.8, 4) is 0 Å². The number of carbonyl (C=O) groups is 1. The first kappa shape index (κ1) is 11.3. The Morgan fingerprint density at radius 1 is 1.50 bits per heavy atom.